The van der Waals surface area contributed by atoms with Crippen molar-refractivity contribution >= 4 is 39.0 Å². The molecule has 0 bridgehead atoms. The SMILES string of the molecule is CC(C)(C)OC(=O)N[C@H]1C[C@H](n2c(=O)c(-c3c(F)ccc(NS(=O)(=O)N4CC[C@@H](F)C4)c3F)cc3cnc(NCC4CC4)nc32)C1. The second-order valence-corrected chi connectivity index (χ2v) is 14.8. The van der Waals surface area contributed by atoms with Gasteiger partial charge >= 0.3 is 16.3 Å². The fraction of sp³-hybridized carbons (Fsp3) is 0.533. The summed E-state index contributed by atoms with van der Waals surface area (Å²) in [5.41, 5.74) is -2.89. The highest BCUT2D eigenvalue weighted by Gasteiger charge is 2.36. The maximum atomic E-state index is 16.0. The number of ether oxygens (including phenoxy) is 1. The zero-order valence-electron chi connectivity index (χ0n) is 25.6. The van der Waals surface area contributed by atoms with Gasteiger partial charge in [-0.25, -0.2) is 22.9 Å². The lowest BCUT2D eigenvalue weighted by Crippen LogP contribution is -2.48. The Labute approximate surface area is 263 Å². The summed E-state index contributed by atoms with van der Waals surface area (Å²) in [5.74, 6) is -1.57. The van der Waals surface area contributed by atoms with E-state index in [0.717, 1.165) is 29.3 Å². The number of alkyl carbamates (subject to hydrolysis) is 1. The quantitative estimate of drug-likeness (QED) is 0.304. The number of benzene rings is 1. The van der Waals surface area contributed by atoms with E-state index in [0.29, 0.717) is 36.6 Å². The molecule has 16 heteroatoms. The van der Waals surface area contributed by atoms with E-state index in [1.165, 1.54) is 16.8 Å². The summed E-state index contributed by atoms with van der Waals surface area (Å²) >= 11 is 0. The van der Waals surface area contributed by atoms with Crippen LogP contribution in [0.2, 0.25) is 0 Å². The molecule has 2 aliphatic carbocycles. The molecule has 6 rings (SSSR count). The van der Waals surface area contributed by atoms with Crippen molar-refractivity contribution in [1.29, 1.82) is 0 Å². The van der Waals surface area contributed by atoms with E-state index in [1.807, 2.05) is 0 Å². The molecule has 0 radical (unpaired) electrons. The Balaban J connectivity index is 1.37. The summed E-state index contributed by atoms with van der Waals surface area (Å²) in [6.07, 6.45) is 2.35. The zero-order valence-corrected chi connectivity index (χ0v) is 26.5. The second kappa shape index (κ2) is 12.0. The number of anilines is 2. The van der Waals surface area contributed by atoms with Crippen molar-refractivity contribution in [2.75, 3.05) is 29.7 Å². The average Bonchev–Trinajstić information content (AvgIpc) is 3.67. The molecule has 46 heavy (non-hydrogen) atoms. The predicted octanol–water partition coefficient (Wildman–Crippen LogP) is 4.49. The number of nitrogens with zero attached hydrogens (tertiary/aromatic N) is 4. The fourth-order valence-electron chi connectivity index (χ4n) is 5.66. The highest BCUT2D eigenvalue weighted by molar-refractivity contribution is 7.90. The van der Waals surface area contributed by atoms with Crippen LogP contribution in [0.3, 0.4) is 0 Å². The average molecular weight is 664 g/mol. The van der Waals surface area contributed by atoms with Crippen LogP contribution < -0.4 is 20.9 Å². The number of carbonyl (C=O) groups is 1. The first-order chi connectivity index (χ1) is 21.7. The molecule has 3 aliphatic rings. The molecule has 2 saturated carbocycles. The summed E-state index contributed by atoms with van der Waals surface area (Å²) in [6.45, 7) is 5.42. The smallest absolute Gasteiger partial charge is 0.407 e. The molecule has 0 spiro atoms. The molecule has 0 unspecified atom stereocenters. The lowest BCUT2D eigenvalue weighted by molar-refractivity contribution is 0.0456. The molecular weight excluding hydrogens is 627 g/mol. The fourth-order valence-corrected chi connectivity index (χ4v) is 6.93. The van der Waals surface area contributed by atoms with Gasteiger partial charge in [-0.15, -0.1) is 0 Å². The third-order valence-electron chi connectivity index (χ3n) is 8.25. The summed E-state index contributed by atoms with van der Waals surface area (Å²) in [4.78, 5) is 35.4. The topological polar surface area (TPSA) is 148 Å². The number of hydrogen-bond acceptors (Lipinski definition) is 8. The molecule has 1 atom stereocenters. The Hall–Kier alpha value is -3.92. The maximum Gasteiger partial charge on any atom is 0.407 e. The van der Waals surface area contributed by atoms with Crippen LogP contribution in [-0.4, -0.2) is 70.8 Å². The number of pyridine rings is 1. The third kappa shape index (κ3) is 6.77. The Kier molecular flexibility index (Phi) is 8.38. The number of hydrogen-bond donors (Lipinski definition) is 3. The lowest BCUT2D eigenvalue weighted by Gasteiger charge is -2.37. The molecular formula is C30H36F3N7O5S. The van der Waals surface area contributed by atoms with Crippen molar-refractivity contribution in [3.05, 3.63) is 46.4 Å². The van der Waals surface area contributed by atoms with Crippen LogP contribution in [-0.2, 0) is 14.9 Å². The number of fused-ring (bicyclic) bond motifs is 1. The van der Waals surface area contributed by atoms with E-state index in [1.54, 1.807) is 20.8 Å². The minimum atomic E-state index is -4.36. The molecule has 248 valence electrons. The van der Waals surface area contributed by atoms with E-state index in [9.17, 15) is 22.4 Å². The Morgan fingerprint density at radius 2 is 1.89 bits per heavy atom. The molecule has 12 nitrogen and oxygen atoms in total. The summed E-state index contributed by atoms with van der Waals surface area (Å²) < 4.78 is 80.3. The van der Waals surface area contributed by atoms with Gasteiger partial charge in [0, 0.05) is 43.3 Å². The number of halogens is 3. The zero-order chi connectivity index (χ0) is 33.0. The molecule has 3 fully saturated rings. The first-order valence-corrected chi connectivity index (χ1v) is 16.7. The Morgan fingerprint density at radius 3 is 2.54 bits per heavy atom. The van der Waals surface area contributed by atoms with Crippen LogP contribution in [0.5, 0.6) is 0 Å². The van der Waals surface area contributed by atoms with Gasteiger partial charge in [-0.1, -0.05) is 0 Å². The van der Waals surface area contributed by atoms with E-state index < -0.39 is 62.6 Å². The van der Waals surface area contributed by atoms with E-state index in [4.69, 9.17) is 4.74 Å². The van der Waals surface area contributed by atoms with Crippen LogP contribution in [0.15, 0.2) is 29.2 Å². The highest BCUT2D eigenvalue weighted by atomic mass is 32.2. The molecule has 1 aliphatic heterocycles. The molecule has 1 amide bonds. The van der Waals surface area contributed by atoms with Gasteiger partial charge in [0.25, 0.3) is 5.56 Å². The van der Waals surface area contributed by atoms with E-state index in [2.05, 4.69) is 25.3 Å². The van der Waals surface area contributed by atoms with Gasteiger partial charge in [-0.2, -0.15) is 17.7 Å². The number of alkyl halides is 1. The number of aromatic nitrogens is 3. The Morgan fingerprint density at radius 1 is 1.15 bits per heavy atom. The number of carbonyl (C=O) groups excluding carboxylic acids is 1. The first kappa shape index (κ1) is 32.0. The van der Waals surface area contributed by atoms with Gasteiger partial charge in [-0.05, 0) is 77.0 Å². The van der Waals surface area contributed by atoms with Gasteiger partial charge in [0.1, 0.15) is 23.2 Å². The van der Waals surface area contributed by atoms with Crippen molar-refractivity contribution in [3.8, 4) is 11.1 Å². The minimum Gasteiger partial charge on any atom is -0.444 e. The summed E-state index contributed by atoms with van der Waals surface area (Å²) in [5, 5.41) is 6.27. The number of nitrogens with one attached hydrogen (secondary N) is 3. The van der Waals surface area contributed by atoms with Gasteiger partial charge < -0.3 is 15.4 Å². The molecule has 3 heterocycles. The summed E-state index contributed by atoms with van der Waals surface area (Å²) in [6, 6.07) is 2.24. The highest BCUT2D eigenvalue weighted by Crippen LogP contribution is 2.37. The normalized spacial score (nSPS) is 22.0. The monoisotopic (exact) mass is 663 g/mol. The van der Waals surface area contributed by atoms with Crippen LogP contribution in [0, 0.1) is 17.6 Å². The van der Waals surface area contributed by atoms with Gasteiger partial charge in [0.05, 0.1) is 16.8 Å². The van der Waals surface area contributed by atoms with Gasteiger partial charge in [0.15, 0.2) is 5.82 Å². The molecule has 1 saturated heterocycles. The van der Waals surface area contributed by atoms with Crippen molar-refractivity contribution < 1.29 is 31.1 Å². The summed E-state index contributed by atoms with van der Waals surface area (Å²) in [7, 11) is -4.36. The van der Waals surface area contributed by atoms with Crippen LogP contribution in [0.1, 0.15) is 58.9 Å². The van der Waals surface area contributed by atoms with Crippen molar-refractivity contribution in [2.24, 2.45) is 5.92 Å². The Bertz CT molecular complexity index is 1840. The maximum absolute atomic E-state index is 16.0. The second-order valence-electron chi connectivity index (χ2n) is 13.1. The van der Waals surface area contributed by atoms with Crippen molar-refractivity contribution in [1.82, 2.24) is 24.2 Å². The van der Waals surface area contributed by atoms with Crippen LogP contribution >= 0.6 is 0 Å². The van der Waals surface area contributed by atoms with Crippen molar-refractivity contribution in [2.45, 2.75) is 76.7 Å². The van der Waals surface area contributed by atoms with Crippen molar-refractivity contribution in [3.63, 3.8) is 0 Å². The molecule has 2 aromatic heterocycles. The molecule has 3 aromatic rings. The van der Waals surface area contributed by atoms with Crippen LogP contribution in [0.25, 0.3) is 22.2 Å². The molecule has 1 aromatic carbocycles. The van der Waals surface area contributed by atoms with Gasteiger partial charge in [-0.3, -0.25) is 14.1 Å². The van der Waals surface area contributed by atoms with E-state index >= 15 is 8.78 Å². The number of rotatable bonds is 9. The van der Waals surface area contributed by atoms with E-state index in [-0.39, 0.29) is 36.8 Å². The first-order valence-electron chi connectivity index (χ1n) is 15.2. The number of amides is 1. The van der Waals surface area contributed by atoms with Gasteiger partial charge in [0.2, 0.25) is 5.95 Å². The third-order valence-corrected chi connectivity index (χ3v) is 9.74. The van der Waals surface area contributed by atoms with Crippen LogP contribution in [0.4, 0.5) is 29.6 Å². The standard InChI is InChI=1S/C30H36F3N7O5S/c1-30(2,3)45-29(42)36-19-11-20(12-19)40-26-17(14-35-28(37-26)34-13-16-4-5-16)10-21(27(40)41)24-22(32)6-7-23(25(24)33)38-46(43,44)39-9-8-18(31)15-39/h6-7,10,14,16,18-20,38H,4-5,8-9,11-13,15H2,1-3H3,(H,36,42)(H,34,35,37)/t18-,19-,20-/m1/s1. The molecule has 3 N–H and O–H groups in total. The lowest BCUT2D eigenvalue weighted by atomic mass is 9.86. The minimum absolute atomic E-state index is 0.00386. The largest absolute Gasteiger partial charge is 0.444 e. The predicted molar refractivity (Wildman–Crippen MR) is 165 cm³/mol.